The quantitative estimate of drug-likeness (QED) is 0.177. The number of rotatable bonds is 13. The Morgan fingerprint density at radius 3 is 2.19 bits per heavy atom. The Hall–Kier alpha value is -3.45. The highest BCUT2D eigenvalue weighted by Crippen LogP contribution is 2.28. The molecule has 1 N–H and O–H groups in total. The second-order valence-electron chi connectivity index (χ2n) is 14.9. The van der Waals surface area contributed by atoms with Crippen LogP contribution >= 0.6 is 11.6 Å². The molecule has 1 aliphatic rings. The van der Waals surface area contributed by atoms with Gasteiger partial charge in [0.2, 0.25) is 5.95 Å². The Morgan fingerprint density at radius 1 is 0.981 bits per heavy atom. The third-order valence-corrected chi connectivity index (χ3v) is 8.99. The molecule has 0 atom stereocenters. The molecule has 1 saturated carbocycles. The van der Waals surface area contributed by atoms with Crippen molar-refractivity contribution in [3.63, 3.8) is 0 Å². The largest absolute Gasteiger partial charge is 0.444 e. The first-order valence-electron chi connectivity index (χ1n) is 19.6. The Bertz CT molecular complexity index is 1480. The van der Waals surface area contributed by atoms with Crippen molar-refractivity contribution in [3.05, 3.63) is 88.0 Å². The van der Waals surface area contributed by atoms with E-state index in [1.807, 2.05) is 38.8 Å². The third kappa shape index (κ3) is 17.4. The number of benzene rings is 2. The maximum Gasteiger partial charge on any atom is 0.410 e. The van der Waals surface area contributed by atoms with Crippen LogP contribution in [-0.2, 0) is 11.2 Å². The molecule has 0 unspecified atom stereocenters. The number of unbranched alkanes of at least 4 members (excludes halogenated alkanes) is 3. The molecule has 52 heavy (non-hydrogen) atoms. The van der Waals surface area contributed by atoms with Crippen LogP contribution < -0.4 is 5.32 Å². The number of aryl methyl sites for hydroxylation is 2. The van der Waals surface area contributed by atoms with Gasteiger partial charge in [0.1, 0.15) is 11.4 Å². The second kappa shape index (κ2) is 24.0. The topological polar surface area (TPSA) is 67.4 Å². The zero-order valence-corrected chi connectivity index (χ0v) is 34.3. The summed E-state index contributed by atoms with van der Waals surface area (Å²) in [4.78, 5) is 22.7. The van der Waals surface area contributed by atoms with E-state index in [-0.39, 0.29) is 6.09 Å². The van der Waals surface area contributed by atoms with Gasteiger partial charge in [0.25, 0.3) is 0 Å². The van der Waals surface area contributed by atoms with Crippen molar-refractivity contribution in [2.45, 2.75) is 145 Å². The van der Waals surface area contributed by atoms with E-state index < -0.39 is 11.4 Å². The lowest BCUT2D eigenvalue weighted by atomic mass is 9.91. The van der Waals surface area contributed by atoms with Crippen molar-refractivity contribution >= 4 is 34.9 Å². The summed E-state index contributed by atoms with van der Waals surface area (Å²) in [7, 11) is 0. The normalized spacial score (nSPS) is 13.3. The highest BCUT2D eigenvalue weighted by molar-refractivity contribution is 6.30. The van der Waals surface area contributed by atoms with E-state index in [2.05, 4.69) is 80.2 Å². The summed E-state index contributed by atoms with van der Waals surface area (Å²) >= 11 is 5.92. The van der Waals surface area contributed by atoms with Crippen LogP contribution in [0.25, 0.3) is 5.57 Å². The van der Waals surface area contributed by atoms with Crippen LogP contribution in [0.1, 0.15) is 148 Å². The van der Waals surface area contributed by atoms with Gasteiger partial charge in [-0.25, -0.2) is 19.2 Å². The molecular formula is C44H66ClFN4O2. The molecule has 3 aromatic rings. The predicted molar refractivity (Wildman–Crippen MR) is 219 cm³/mol. The lowest BCUT2D eigenvalue weighted by molar-refractivity contribution is 0.0247. The maximum atomic E-state index is 13.6. The number of aromatic nitrogens is 2. The first-order valence-corrected chi connectivity index (χ1v) is 20.0. The number of nitrogens with one attached hydrogen (secondary N) is 1. The smallest absolute Gasteiger partial charge is 0.410 e. The number of anilines is 2. The highest BCUT2D eigenvalue weighted by Gasteiger charge is 2.21. The molecule has 0 spiro atoms. The fourth-order valence-corrected chi connectivity index (χ4v) is 6.11. The molecule has 4 rings (SSSR count). The summed E-state index contributed by atoms with van der Waals surface area (Å²) in [6.07, 6.45) is 18.8. The predicted octanol–water partition coefficient (Wildman–Crippen LogP) is 13.5. The summed E-state index contributed by atoms with van der Waals surface area (Å²) in [6, 6.07) is 12.9. The SMILES string of the molecule is CC1CCCCC1.CCC/C=C(/c1ccc(CC)cc1)c1cnc(Nc2cc(F)cc(Cl)c2)nc1C.CCCCCN(CCC)C(=O)OC(C)(C)C. The molecule has 0 bridgehead atoms. The minimum Gasteiger partial charge on any atom is -0.444 e. The zero-order valence-electron chi connectivity index (χ0n) is 33.6. The number of carbonyl (C=O) groups excluding carboxylic acids is 1. The Balaban J connectivity index is 0.000000339. The van der Waals surface area contributed by atoms with E-state index >= 15 is 0 Å². The summed E-state index contributed by atoms with van der Waals surface area (Å²) in [6.45, 7) is 20.2. The number of amides is 1. The average Bonchev–Trinajstić information content (AvgIpc) is 3.09. The van der Waals surface area contributed by atoms with Crippen molar-refractivity contribution in [1.29, 1.82) is 0 Å². The standard InChI is InChI=1S/C24H25ClFN3.C13H27NO2.C7H14/c1-4-6-7-22(18-10-8-17(5-2)9-11-18)23-15-27-24(28-16(23)3)29-21-13-19(25)12-20(26)14-21;1-6-8-9-11-14(10-7-2)12(15)16-13(3,4)5;1-7-5-3-2-4-6-7/h7-15H,4-6H2,1-3H3,(H,27,28,29);6-11H2,1-5H3;7H,2-6H2,1H3/b22-7-;;. The fourth-order valence-electron chi connectivity index (χ4n) is 5.89. The lowest BCUT2D eigenvalue weighted by Gasteiger charge is -2.27. The van der Waals surface area contributed by atoms with Gasteiger partial charge in [-0.05, 0) is 94.2 Å². The van der Waals surface area contributed by atoms with Gasteiger partial charge in [-0.15, -0.1) is 0 Å². The third-order valence-electron chi connectivity index (χ3n) is 8.77. The van der Waals surface area contributed by atoms with Crippen molar-refractivity contribution in [2.75, 3.05) is 18.4 Å². The number of nitrogens with zero attached hydrogens (tertiary/aromatic N) is 3. The van der Waals surface area contributed by atoms with Crippen LogP contribution in [0.3, 0.4) is 0 Å². The average molecular weight is 737 g/mol. The molecule has 1 amide bonds. The summed E-state index contributed by atoms with van der Waals surface area (Å²) in [5.41, 5.74) is 5.56. The minimum absolute atomic E-state index is 0.176. The summed E-state index contributed by atoms with van der Waals surface area (Å²) in [5, 5.41) is 3.34. The number of ether oxygens (including phenoxy) is 1. The number of hydrogen-bond acceptors (Lipinski definition) is 5. The van der Waals surface area contributed by atoms with Gasteiger partial charge in [0.05, 0.1) is 5.69 Å². The molecule has 1 aromatic heterocycles. The molecule has 0 radical (unpaired) electrons. The fraction of sp³-hybridized carbons (Fsp3) is 0.568. The summed E-state index contributed by atoms with van der Waals surface area (Å²) < 4.78 is 18.9. The maximum absolute atomic E-state index is 13.6. The van der Waals surface area contributed by atoms with Gasteiger partial charge in [0, 0.05) is 35.6 Å². The molecule has 6 nitrogen and oxygen atoms in total. The molecule has 0 saturated heterocycles. The van der Waals surface area contributed by atoms with E-state index in [4.69, 9.17) is 16.3 Å². The van der Waals surface area contributed by atoms with Gasteiger partial charge in [-0.2, -0.15) is 0 Å². The van der Waals surface area contributed by atoms with Gasteiger partial charge in [0.15, 0.2) is 0 Å². The van der Waals surface area contributed by atoms with Crippen LogP contribution in [0.2, 0.25) is 5.02 Å². The number of allylic oxidation sites excluding steroid dienone is 1. The summed E-state index contributed by atoms with van der Waals surface area (Å²) in [5.74, 6) is 1.03. The second-order valence-corrected chi connectivity index (χ2v) is 15.3. The molecule has 1 heterocycles. The van der Waals surface area contributed by atoms with Crippen LogP contribution in [0.5, 0.6) is 0 Å². The van der Waals surface area contributed by atoms with Gasteiger partial charge >= 0.3 is 6.09 Å². The molecule has 1 aliphatic carbocycles. The van der Waals surface area contributed by atoms with Gasteiger partial charge < -0.3 is 15.0 Å². The van der Waals surface area contributed by atoms with Crippen molar-refractivity contribution < 1.29 is 13.9 Å². The first-order chi connectivity index (χ1) is 24.8. The monoisotopic (exact) mass is 736 g/mol. The Morgan fingerprint density at radius 2 is 1.67 bits per heavy atom. The van der Waals surface area contributed by atoms with E-state index in [9.17, 15) is 9.18 Å². The number of hydrogen-bond donors (Lipinski definition) is 1. The van der Waals surface area contributed by atoms with Crippen LogP contribution in [0, 0.1) is 18.7 Å². The number of halogens is 2. The van der Waals surface area contributed by atoms with E-state index in [0.29, 0.717) is 16.7 Å². The van der Waals surface area contributed by atoms with Crippen LogP contribution in [0.15, 0.2) is 54.7 Å². The minimum atomic E-state index is -0.409. The van der Waals surface area contributed by atoms with Crippen molar-refractivity contribution in [2.24, 2.45) is 5.92 Å². The van der Waals surface area contributed by atoms with E-state index in [1.54, 1.807) is 6.07 Å². The first kappa shape index (κ1) is 44.7. The molecule has 288 valence electrons. The Kier molecular flexibility index (Phi) is 20.6. The van der Waals surface area contributed by atoms with Crippen molar-refractivity contribution in [1.82, 2.24) is 14.9 Å². The molecule has 8 heteroatoms. The molecule has 1 fully saturated rings. The lowest BCUT2D eigenvalue weighted by Crippen LogP contribution is -2.37. The highest BCUT2D eigenvalue weighted by atomic mass is 35.5. The van der Waals surface area contributed by atoms with E-state index in [0.717, 1.165) is 73.5 Å². The Labute approximate surface area is 320 Å². The van der Waals surface area contributed by atoms with Gasteiger partial charge in [-0.3, -0.25) is 0 Å². The van der Waals surface area contributed by atoms with Crippen LogP contribution in [0.4, 0.5) is 20.8 Å². The number of carbonyl (C=O) groups is 1. The molecule has 2 aromatic carbocycles. The van der Waals surface area contributed by atoms with Crippen molar-refractivity contribution in [3.8, 4) is 0 Å². The molecule has 0 aliphatic heterocycles. The zero-order chi connectivity index (χ0) is 38.5. The van der Waals surface area contributed by atoms with Gasteiger partial charge in [-0.1, -0.05) is 128 Å². The molecular weight excluding hydrogens is 671 g/mol. The van der Waals surface area contributed by atoms with E-state index in [1.165, 1.54) is 62.6 Å². The van der Waals surface area contributed by atoms with Crippen LogP contribution in [-0.4, -0.2) is 39.7 Å².